The summed E-state index contributed by atoms with van der Waals surface area (Å²) in [6.45, 7) is 7.38. The van der Waals surface area contributed by atoms with Gasteiger partial charge in [0.05, 0.1) is 0 Å². The van der Waals surface area contributed by atoms with Crippen molar-refractivity contribution in [1.29, 1.82) is 0 Å². The lowest BCUT2D eigenvalue weighted by Gasteiger charge is -2.20. The second-order valence-electron chi connectivity index (χ2n) is 5.43. The second-order valence-corrected chi connectivity index (χ2v) is 5.43. The molecule has 0 saturated carbocycles. The molecule has 1 heterocycles. The molecule has 92 valence electrons. The van der Waals surface area contributed by atoms with Crippen molar-refractivity contribution in [3.63, 3.8) is 0 Å². The maximum Gasteiger partial charge on any atom is 0.125 e. The van der Waals surface area contributed by atoms with E-state index in [4.69, 9.17) is 0 Å². The summed E-state index contributed by atoms with van der Waals surface area (Å²) in [7, 11) is 0. The maximum absolute atomic E-state index is 13.0. The molecule has 17 heavy (non-hydrogen) atoms. The Hall–Kier alpha value is -1.35. The van der Waals surface area contributed by atoms with Gasteiger partial charge in [-0.15, -0.1) is 0 Å². The van der Waals surface area contributed by atoms with E-state index < -0.39 is 0 Å². The minimum Gasteiger partial charge on any atom is -0.361 e. The van der Waals surface area contributed by atoms with Crippen LogP contribution in [-0.4, -0.2) is 17.1 Å². The summed E-state index contributed by atoms with van der Waals surface area (Å²) >= 11 is 0. The lowest BCUT2D eigenvalue weighted by Crippen LogP contribution is -2.37. The predicted octanol–water partition coefficient (Wildman–Crippen LogP) is 3.24. The Labute approximate surface area is 101 Å². The van der Waals surface area contributed by atoms with Crippen LogP contribution in [0.3, 0.4) is 0 Å². The van der Waals surface area contributed by atoms with Crippen LogP contribution in [0.2, 0.25) is 0 Å². The van der Waals surface area contributed by atoms with Crippen LogP contribution in [0.5, 0.6) is 0 Å². The van der Waals surface area contributed by atoms with E-state index in [0.29, 0.717) is 0 Å². The lowest BCUT2D eigenvalue weighted by molar-refractivity contribution is 0.430. The van der Waals surface area contributed by atoms with Gasteiger partial charge in [0.1, 0.15) is 5.82 Å². The topological polar surface area (TPSA) is 27.8 Å². The third kappa shape index (κ3) is 3.07. The molecule has 2 aromatic rings. The van der Waals surface area contributed by atoms with Crippen molar-refractivity contribution in [1.82, 2.24) is 10.3 Å². The van der Waals surface area contributed by atoms with Gasteiger partial charge in [0.2, 0.25) is 0 Å². The Morgan fingerprint density at radius 2 is 2.06 bits per heavy atom. The van der Waals surface area contributed by atoms with E-state index in [1.54, 1.807) is 0 Å². The largest absolute Gasteiger partial charge is 0.361 e. The Kier molecular flexibility index (Phi) is 3.20. The van der Waals surface area contributed by atoms with Crippen molar-refractivity contribution in [3.8, 4) is 0 Å². The molecule has 0 atom stereocenters. The summed E-state index contributed by atoms with van der Waals surface area (Å²) in [5.74, 6) is -0.196. The monoisotopic (exact) mass is 234 g/mol. The normalized spacial score (nSPS) is 12.2. The smallest absolute Gasteiger partial charge is 0.125 e. The molecular weight excluding hydrogens is 215 g/mol. The maximum atomic E-state index is 13.0. The molecular formula is C14H19FN2. The van der Waals surface area contributed by atoms with Gasteiger partial charge in [0, 0.05) is 22.6 Å². The van der Waals surface area contributed by atoms with E-state index in [9.17, 15) is 4.39 Å². The summed E-state index contributed by atoms with van der Waals surface area (Å²) < 4.78 is 13.0. The van der Waals surface area contributed by atoms with Crippen molar-refractivity contribution in [2.45, 2.75) is 32.7 Å². The molecule has 0 aliphatic rings. The summed E-state index contributed by atoms with van der Waals surface area (Å²) in [5.41, 5.74) is 2.24. The summed E-state index contributed by atoms with van der Waals surface area (Å²) in [6, 6.07) is 4.89. The fourth-order valence-corrected chi connectivity index (χ4v) is 1.94. The molecule has 0 unspecified atom stereocenters. The molecule has 1 aromatic carbocycles. The zero-order valence-electron chi connectivity index (χ0n) is 10.6. The Balaban J connectivity index is 2.09. The first kappa shape index (κ1) is 12.1. The van der Waals surface area contributed by atoms with E-state index in [-0.39, 0.29) is 11.4 Å². The number of aromatic amines is 1. The van der Waals surface area contributed by atoms with E-state index in [1.165, 1.54) is 17.7 Å². The van der Waals surface area contributed by atoms with Crippen LogP contribution < -0.4 is 5.32 Å². The zero-order chi connectivity index (χ0) is 12.5. The van der Waals surface area contributed by atoms with E-state index >= 15 is 0 Å². The minimum absolute atomic E-state index is 0.137. The number of fused-ring (bicyclic) bond motifs is 1. The number of nitrogens with one attached hydrogen (secondary N) is 2. The fourth-order valence-electron chi connectivity index (χ4n) is 1.94. The first-order valence-electron chi connectivity index (χ1n) is 5.96. The molecule has 0 fully saturated rings. The first-order valence-corrected chi connectivity index (χ1v) is 5.96. The van der Waals surface area contributed by atoms with Gasteiger partial charge < -0.3 is 10.3 Å². The molecule has 0 radical (unpaired) electrons. The van der Waals surface area contributed by atoms with Gasteiger partial charge in [-0.3, -0.25) is 0 Å². The standard InChI is InChI=1S/C14H19FN2/c1-14(2,3)17-7-6-10-9-16-13-8-11(15)4-5-12(10)13/h4-5,8-9,16-17H,6-7H2,1-3H3. The minimum atomic E-state index is -0.196. The number of halogens is 1. The van der Waals surface area contributed by atoms with Crippen LogP contribution in [0.1, 0.15) is 26.3 Å². The van der Waals surface area contributed by atoms with Crippen molar-refractivity contribution in [2.24, 2.45) is 0 Å². The molecule has 0 aliphatic carbocycles. The summed E-state index contributed by atoms with van der Waals surface area (Å²) in [4.78, 5) is 3.11. The summed E-state index contributed by atoms with van der Waals surface area (Å²) in [6.07, 6.45) is 2.91. The SMILES string of the molecule is CC(C)(C)NCCc1c[nH]c2cc(F)ccc12. The van der Waals surface area contributed by atoms with Crippen LogP contribution in [0.25, 0.3) is 10.9 Å². The highest BCUT2D eigenvalue weighted by Gasteiger charge is 2.09. The van der Waals surface area contributed by atoms with Crippen molar-refractivity contribution >= 4 is 10.9 Å². The molecule has 1 aromatic heterocycles. The third-order valence-corrected chi connectivity index (χ3v) is 2.78. The number of aromatic nitrogens is 1. The van der Waals surface area contributed by atoms with Crippen molar-refractivity contribution in [3.05, 3.63) is 35.8 Å². The average Bonchev–Trinajstić information content (AvgIpc) is 2.59. The predicted molar refractivity (Wildman–Crippen MR) is 69.7 cm³/mol. The zero-order valence-corrected chi connectivity index (χ0v) is 10.6. The Morgan fingerprint density at radius 1 is 1.29 bits per heavy atom. The highest BCUT2D eigenvalue weighted by molar-refractivity contribution is 5.83. The summed E-state index contributed by atoms with van der Waals surface area (Å²) in [5, 5.41) is 4.56. The van der Waals surface area contributed by atoms with Crippen LogP contribution in [0.15, 0.2) is 24.4 Å². The van der Waals surface area contributed by atoms with Gasteiger partial charge in [-0.25, -0.2) is 4.39 Å². The Bertz CT molecular complexity index is 508. The van der Waals surface area contributed by atoms with Gasteiger partial charge >= 0.3 is 0 Å². The molecule has 0 saturated heterocycles. The Morgan fingerprint density at radius 3 is 2.76 bits per heavy atom. The molecule has 2 N–H and O–H groups in total. The molecule has 0 spiro atoms. The van der Waals surface area contributed by atoms with Crippen LogP contribution in [0, 0.1) is 5.82 Å². The van der Waals surface area contributed by atoms with E-state index in [0.717, 1.165) is 23.9 Å². The number of H-pyrrole nitrogens is 1. The van der Waals surface area contributed by atoms with Crippen LogP contribution in [-0.2, 0) is 6.42 Å². The van der Waals surface area contributed by atoms with Gasteiger partial charge in [0.15, 0.2) is 0 Å². The van der Waals surface area contributed by atoms with Gasteiger partial charge in [0.25, 0.3) is 0 Å². The van der Waals surface area contributed by atoms with Gasteiger partial charge in [-0.2, -0.15) is 0 Å². The quantitative estimate of drug-likeness (QED) is 0.838. The van der Waals surface area contributed by atoms with Crippen molar-refractivity contribution in [2.75, 3.05) is 6.54 Å². The molecule has 0 amide bonds. The number of benzene rings is 1. The average molecular weight is 234 g/mol. The molecule has 0 aliphatic heterocycles. The molecule has 2 rings (SSSR count). The first-order chi connectivity index (χ1) is 7.96. The van der Waals surface area contributed by atoms with E-state index in [1.807, 2.05) is 12.3 Å². The van der Waals surface area contributed by atoms with Gasteiger partial charge in [-0.1, -0.05) is 0 Å². The molecule has 3 heteroatoms. The lowest BCUT2D eigenvalue weighted by atomic mass is 10.1. The number of rotatable bonds is 3. The van der Waals surface area contributed by atoms with Crippen molar-refractivity contribution < 1.29 is 4.39 Å². The number of hydrogen-bond donors (Lipinski definition) is 2. The van der Waals surface area contributed by atoms with Crippen LogP contribution >= 0.6 is 0 Å². The number of hydrogen-bond acceptors (Lipinski definition) is 1. The molecule has 2 nitrogen and oxygen atoms in total. The fraction of sp³-hybridized carbons (Fsp3) is 0.429. The highest BCUT2D eigenvalue weighted by atomic mass is 19.1. The highest BCUT2D eigenvalue weighted by Crippen LogP contribution is 2.19. The molecule has 0 bridgehead atoms. The third-order valence-electron chi connectivity index (χ3n) is 2.78. The second kappa shape index (κ2) is 4.49. The van der Waals surface area contributed by atoms with Crippen LogP contribution in [0.4, 0.5) is 4.39 Å². The van der Waals surface area contributed by atoms with E-state index in [2.05, 4.69) is 31.1 Å². The van der Waals surface area contributed by atoms with Gasteiger partial charge in [-0.05, 0) is 57.5 Å².